The fourth-order valence-electron chi connectivity index (χ4n) is 2.77. The number of esters is 1. The summed E-state index contributed by atoms with van der Waals surface area (Å²) >= 11 is 0. The number of allylic oxidation sites excluding steroid dienone is 1. The predicted molar refractivity (Wildman–Crippen MR) is 95.7 cm³/mol. The van der Waals surface area contributed by atoms with Gasteiger partial charge in [-0.2, -0.15) is 0 Å². The number of carbonyl (C=O) groups is 1. The van der Waals surface area contributed by atoms with Gasteiger partial charge >= 0.3 is 5.97 Å². The van der Waals surface area contributed by atoms with Crippen LogP contribution in [0.3, 0.4) is 0 Å². The van der Waals surface area contributed by atoms with E-state index in [0.717, 1.165) is 11.8 Å². The zero-order valence-corrected chi connectivity index (χ0v) is 14.6. The molecule has 3 rings (SSSR count). The summed E-state index contributed by atoms with van der Waals surface area (Å²) in [7, 11) is 1.20. The van der Waals surface area contributed by atoms with Crippen molar-refractivity contribution < 1.29 is 18.3 Å². The number of halogens is 2. The molecule has 0 aliphatic heterocycles. The number of carbonyl (C=O) groups excluding carboxylic acids is 1. The van der Waals surface area contributed by atoms with Gasteiger partial charge in [0.2, 0.25) is 0 Å². The van der Waals surface area contributed by atoms with E-state index < -0.39 is 17.6 Å². The second kappa shape index (κ2) is 7.07. The highest BCUT2D eigenvalue weighted by atomic mass is 19.1. The van der Waals surface area contributed by atoms with Crippen LogP contribution in [0.5, 0.6) is 0 Å². The Morgan fingerprint density at radius 3 is 2.65 bits per heavy atom. The highest BCUT2D eigenvalue weighted by Gasteiger charge is 2.16. The number of ether oxygens (including phenoxy) is 1. The Hall–Kier alpha value is -3.02. The molecule has 2 heterocycles. The summed E-state index contributed by atoms with van der Waals surface area (Å²) in [6.07, 6.45) is 3.10. The second-order valence-electron chi connectivity index (χ2n) is 6.28. The zero-order valence-electron chi connectivity index (χ0n) is 14.6. The van der Waals surface area contributed by atoms with Crippen LogP contribution in [0.25, 0.3) is 16.6 Å². The van der Waals surface area contributed by atoms with Crippen molar-refractivity contribution in [3.63, 3.8) is 0 Å². The summed E-state index contributed by atoms with van der Waals surface area (Å²) in [6, 6.07) is 7.50. The summed E-state index contributed by atoms with van der Waals surface area (Å²) in [4.78, 5) is 18.7. The molecule has 6 heteroatoms. The van der Waals surface area contributed by atoms with Crippen molar-refractivity contribution in [1.82, 2.24) is 9.97 Å². The molecule has 1 aromatic carbocycles. The molecule has 2 aromatic heterocycles. The third-order valence-corrected chi connectivity index (χ3v) is 3.91. The van der Waals surface area contributed by atoms with E-state index in [1.54, 1.807) is 12.1 Å². The standard InChI is InChI=1S/C20H18F2N2O2/c1-11(2)6-16(12-4-5-15(17(22)8-12)20(25)26-3)18-9-13-7-14(21)10-23-19(13)24-18/h4-11H,1-3H3,(H,23,24). The molecule has 0 unspecified atom stereocenters. The van der Waals surface area contributed by atoms with Crippen LogP contribution in [0.4, 0.5) is 8.78 Å². The fourth-order valence-corrected chi connectivity index (χ4v) is 2.77. The molecule has 0 aliphatic carbocycles. The SMILES string of the molecule is COC(=O)c1ccc(C(=CC(C)C)c2cc3cc(F)cnc3[nH]2)cc1F. The van der Waals surface area contributed by atoms with E-state index in [1.807, 2.05) is 19.9 Å². The number of nitrogens with one attached hydrogen (secondary N) is 1. The van der Waals surface area contributed by atoms with Crippen LogP contribution in [0.15, 0.2) is 42.6 Å². The van der Waals surface area contributed by atoms with Crippen molar-refractivity contribution in [3.05, 3.63) is 71.1 Å². The third-order valence-electron chi connectivity index (χ3n) is 3.91. The first-order chi connectivity index (χ1) is 12.4. The highest BCUT2D eigenvalue weighted by Crippen LogP contribution is 2.28. The smallest absolute Gasteiger partial charge is 0.340 e. The van der Waals surface area contributed by atoms with Crippen LogP contribution in [0.2, 0.25) is 0 Å². The molecule has 0 saturated carbocycles. The molecule has 134 valence electrons. The van der Waals surface area contributed by atoms with Crippen LogP contribution in [-0.4, -0.2) is 23.0 Å². The monoisotopic (exact) mass is 356 g/mol. The Balaban J connectivity index is 2.11. The number of rotatable bonds is 4. The van der Waals surface area contributed by atoms with Crippen molar-refractivity contribution in [1.29, 1.82) is 0 Å². The highest BCUT2D eigenvalue weighted by molar-refractivity contribution is 5.91. The molecule has 0 bridgehead atoms. The Labute approximate surface area is 149 Å². The summed E-state index contributed by atoms with van der Waals surface area (Å²) < 4.78 is 32.3. The maximum Gasteiger partial charge on any atom is 0.340 e. The number of fused-ring (bicyclic) bond motifs is 1. The lowest BCUT2D eigenvalue weighted by molar-refractivity contribution is 0.0595. The van der Waals surface area contributed by atoms with Crippen molar-refractivity contribution in [2.24, 2.45) is 5.92 Å². The molecular formula is C20H18F2N2O2. The first-order valence-electron chi connectivity index (χ1n) is 8.13. The molecule has 0 amide bonds. The van der Waals surface area contributed by atoms with Crippen molar-refractivity contribution >= 4 is 22.6 Å². The van der Waals surface area contributed by atoms with E-state index in [4.69, 9.17) is 0 Å². The van der Waals surface area contributed by atoms with Crippen LogP contribution < -0.4 is 0 Å². The minimum atomic E-state index is -0.728. The molecule has 3 aromatic rings. The van der Waals surface area contributed by atoms with Gasteiger partial charge in [0.1, 0.15) is 17.3 Å². The van der Waals surface area contributed by atoms with Gasteiger partial charge in [0.15, 0.2) is 0 Å². The van der Waals surface area contributed by atoms with Gasteiger partial charge in [0, 0.05) is 16.7 Å². The first kappa shape index (κ1) is 17.8. The largest absolute Gasteiger partial charge is 0.465 e. The average molecular weight is 356 g/mol. The first-order valence-corrected chi connectivity index (χ1v) is 8.13. The van der Waals surface area contributed by atoms with Gasteiger partial charge in [-0.25, -0.2) is 18.6 Å². The lowest BCUT2D eigenvalue weighted by Crippen LogP contribution is -2.05. The minimum Gasteiger partial charge on any atom is -0.465 e. The van der Waals surface area contributed by atoms with Crippen molar-refractivity contribution in [2.45, 2.75) is 13.8 Å². The molecule has 0 fully saturated rings. The molecule has 0 atom stereocenters. The van der Waals surface area contributed by atoms with Gasteiger partial charge in [0.25, 0.3) is 0 Å². The number of nitrogens with zero attached hydrogens (tertiary/aromatic N) is 1. The Morgan fingerprint density at radius 2 is 2.00 bits per heavy atom. The summed E-state index contributed by atoms with van der Waals surface area (Å²) in [6.45, 7) is 4.00. The van der Waals surface area contributed by atoms with Gasteiger partial charge in [-0.3, -0.25) is 0 Å². The number of hydrogen-bond acceptors (Lipinski definition) is 3. The Bertz CT molecular complexity index is 1010. The summed E-state index contributed by atoms with van der Waals surface area (Å²) in [5.74, 6) is -1.63. The van der Waals surface area contributed by atoms with Gasteiger partial charge in [0.05, 0.1) is 18.9 Å². The second-order valence-corrected chi connectivity index (χ2v) is 6.28. The lowest BCUT2D eigenvalue weighted by atomic mass is 9.97. The van der Waals surface area contributed by atoms with E-state index in [9.17, 15) is 13.6 Å². The van der Waals surface area contributed by atoms with E-state index in [1.165, 1.54) is 25.3 Å². The topological polar surface area (TPSA) is 55.0 Å². The number of hydrogen-bond donors (Lipinski definition) is 1. The lowest BCUT2D eigenvalue weighted by Gasteiger charge is -2.10. The number of aromatic amines is 1. The van der Waals surface area contributed by atoms with Gasteiger partial charge in [-0.1, -0.05) is 26.0 Å². The van der Waals surface area contributed by atoms with Gasteiger partial charge < -0.3 is 9.72 Å². The Kier molecular flexibility index (Phi) is 4.84. The molecule has 0 aliphatic rings. The maximum atomic E-state index is 14.4. The van der Waals surface area contributed by atoms with E-state index in [0.29, 0.717) is 22.3 Å². The number of pyridine rings is 1. The predicted octanol–water partition coefficient (Wildman–Crippen LogP) is 4.72. The molecule has 26 heavy (non-hydrogen) atoms. The summed E-state index contributed by atoms with van der Waals surface area (Å²) in [5, 5.41) is 0.626. The average Bonchev–Trinajstić information content (AvgIpc) is 3.01. The van der Waals surface area contributed by atoms with Crippen LogP contribution in [-0.2, 0) is 4.74 Å². The van der Waals surface area contributed by atoms with Crippen LogP contribution in [0, 0.1) is 17.6 Å². The molecular weight excluding hydrogens is 338 g/mol. The number of methoxy groups -OCH3 is 1. The van der Waals surface area contributed by atoms with Gasteiger partial charge in [-0.15, -0.1) is 0 Å². The van der Waals surface area contributed by atoms with E-state index in [-0.39, 0.29) is 11.5 Å². The van der Waals surface area contributed by atoms with Crippen LogP contribution >= 0.6 is 0 Å². The molecule has 4 nitrogen and oxygen atoms in total. The van der Waals surface area contributed by atoms with Gasteiger partial charge in [-0.05, 0) is 35.7 Å². The third kappa shape index (κ3) is 3.49. The maximum absolute atomic E-state index is 14.4. The molecule has 0 saturated heterocycles. The zero-order chi connectivity index (χ0) is 18.8. The molecule has 0 spiro atoms. The van der Waals surface area contributed by atoms with E-state index >= 15 is 0 Å². The van der Waals surface area contributed by atoms with E-state index in [2.05, 4.69) is 14.7 Å². The van der Waals surface area contributed by atoms with Crippen LogP contribution in [0.1, 0.15) is 35.5 Å². The minimum absolute atomic E-state index is 0.125. The summed E-state index contributed by atoms with van der Waals surface area (Å²) in [5.41, 5.74) is 2.45. The fraction of sp³-hybridized carbons (Fsp3) is 0.200. The molecule has 1 N–H and O–H groups in total. The molecule has 0 radical (unpaired) electrons. The normalized spacial score (nSPS) is 12.0. The quantitative estimate of drug-likeness (QED) is 0.689. The van der Waals surface area contributed by atoms with Crippen molar-refractivity contribution in [3.8, 4) is 0 Å². The number of benzene rings is 1. The number of aromatic nitrogens is 2. The van der Waals surface area contributed by atoms with Crippen molar-refractivity contribution in [2.75, 3.05) is 7.11 Å². The number of H-pyrrole nitrogens is 1. The Morgan fingerprint density at radius 1 is 1.23 bits per heavy atom.